The van der Waals surface area contributed by atoms with E-state index in [1.807, 2.05) is 49.9 Å². The second-order valence-corrected chi connectivity index (χ2v) is 10.1. The van der Waals surface area contributed by atoms with E-state index in [1.165, 1.54) is 0 Å². The minimum absolute atomic E-state index is 0.0236. The van der Waals surface area contributed by atoms with Crippen molar-refractivity contribution in [2.75, 3.05) is 57.4 Å². The van der Waals surface area contributed by atoms with Crippen LogP contribution < -0.4 is 4.90 Å². The van der Waals surface area contributed by atoms with Gasteiger partial charge in [-0.2, -0.15) is 0 Å². The zero-order valence-electron chi connectivity index (χ0n) is 19.0. The van der Waals surface area contributed by atoms with Crippen molar-refractivity contribution in [3.05, 3.63) is 41.3 Å². The molecule has 172 valence electrons. The van der Waals surface area contributed by atoms with E-state index in [0.29, 0.717) is 39.4 Å². The summed E-state index contributed by atoms with van der Waals surface area (Å²) in [6.07, 6.45) is -0.318. The molecule has 8 heteroatoms. The fourth-order valence-corrected chi connectivity index (χ4v) is 5.09. The summed E-state index contributed by atoms with van der Waals surface area (Å²) >= 11 is 1.55. The molecule has 2 aliphatic heterocycles. The van der Waals surface area contributed by atoms with E-state index in [9.17, 15) is 9.59 Å². The van der Waals surface area contributed by atoms with Crippen molar-refractivity contribution in [1.29, 1.82) is 0 Å². The summed E-state index contributed by atoms with van der Waals surface area (Å²) in [5.41, 5.74) is 1.68. The average molecular weight is 458 g/mol. The first kappa shape index (κ1) is 22.6. The Hall–Kier alpha value is -2.58. The van der Waals surface area contributed by atoms with Crippen molar-refractivity contribution in [3.8, 4) is 11.1 Å². The van der Waals surface area contributed by atoms with Gasteiger partial charge in [-0.05, 0) is 32.4 Å². The van der Waals surface area contributed by atoms with Crippen LogP contribution in [0, 0.1) is 0 Å². The smallest absolute Gasteiger partial charge is 0.410 e. The zero-order chi connectivity index (χ0) is 22.7. The minimum atomic E-state index is -0.523. The lowest BCUT2D eigenvalue weighted by Gasteiger charge is -2.35. The lowest BCUT2D eigenvalue weighted by molar-refractivity contribution is 0.0141. The van der Waals surface area contributed by atoms with Crippen LogP contribution in [0.15, 0.2) is 36.4 Å². The second-order valence-electron chi connectivity index (χ2n) is 9.05. The van der Waals surface area contributed by atoms with Gasteiger partial charge in [0.2, 0.25) is 0 Å². The molecule has 0 unspecified atom stereocenters. The number of piperazine rings is 1. The molecule has 1 aromatic heterocycles. The lowest BCUT2D eigenvalue weighted by atomic mass is 10.1. The third-order valence-electron chi connectivity index (χ3n) is 5.52. The molecule has 0 saturated carbocycles. The standard InChI is InChI=1S/C24H31N3O4S/c1-24(2,3)31-23(29)27-11-9-25(10-12-27)21(28)20-17-19(18-7-5-4-6-8-18)22(32-20)26-13-15-30-16-14-26/h4-8,17H,9-16H2,1-3H3. The normalized spacial score (nSPS) is 17.4. The summed E-state index contributed by atoms with van der Waals surface area (Å²) < 4.78 is 11.0. The first-order valence-electron chi connectivity index (χ1n) is 11.1. The minimum Gasteiger partial charge on any atom is -0.444 e. The number of morpholine rings is 1. The van der Waals surface area contributed by atoms with Gasteiger partial charge < -0.3 is 24.2 Å². The maximum Gasteiger partial charge on any atom is 0.410 e. The molecule has 3 heterocycles. The van der Waals surface area contributed by atoms with E-state index in [1.54, 1.807) is 16.2 Å². The summed E-state index contributed by atoms with van der Waals surface area (Å²) in [5.74, 6) is 0.0236. The van der Waals surface area contributed by atoms with Crippen LogP contribution in [0.1, 0.15) is 30.4 Å². The van der Waals surface area contributed by atoms with Gasteiger partial charge in [-0.1, -0.05) is 30.3 Å². The maximum atomic E-state index is 13.3. The van der Waals surface area contributed by atoms with E-state index in [2.05, 4.69) is 17.0 Å². The number of nitrogens with zero attached hydrogens (tertiary/aromatic N) is 3. The number of rotatable bonds is 3. The van der Waals surface area contributed by atoms with E-state index in [4.69, 9.17) is 9.47 Å². The van der Waals surface area contributed by atoms with Crippen molar-refractivity contribution >= 4 is 28.3 Å². The number of amides is 2. The monoisotopic (exact) mass is 457 g/mol. The molecule has 7 nitrogen and oxygen atoms in total. The van der Waals surface area contributed by atoms with Crippen LogP contribution in [0.2, 0.25) is 0 Å². The first-order chi connectivity index (χ1) is 15.3. The van der Waals surface area contributed by atoms with Crippen molar-refractivity contribution < 1.29 is 19.1 Å². The molecule has 0 N–H and O–H groups in total. The van der Waals surface area contributed by atoms with Crippen LogP contribution >= 0.6 is 11.3 Å². The molecule has 4 rings (SSSR count). The molecule has 2 amide bonds. The molecule has 0 bridgehead atoms. The molecule has 2 aromatic rings. The van der Waals surface area contributed by atoms with Crippen molar-refractivity contribution in [3.63, 3.8) is 0 Å². The van der Waals surface area contributed by atoms with E-state index < -0.39 is 5.60 Å². The van der Waals surface area contributed by atoms with Gasteiger partial charge in [0.15, 0.2) is 0 Å². The first-order valence-corrected chi connectivity index (χ1v) is 11.9. The number of carbonyl (C=O) groups excluding carboxylic acids is 2. The van der Waals surface area contributed by atoms with Crippen molar-refractivity contribution in [1.82, 2.24) is 9.80 Å². The van der Waals surface area contributed by atoms with Gasteiger partial charge >= 0.3 is 6.09 Å². The Morgan fingerprint density at radius 2 is 1.56 bits per heavy atom. The van der Waals surface area contributed by atoms with Gasteiger partial charge in [0.05, 0.1) is 23.1 Å². The Morgan fingerprint density at radius 1 is 0.938 bits per heavy atom. The predicted octanol–water partition coefficient (Wildman–Crippen LogP) is 3.94. The van der Waals surface area contributed by atoms with Crippen LogP contribution in [0.25, 0.3) is 11.1 Å². The summed E-state index contributed by atoms with van der Waals surface area (Å²) in [7, 11) is 0. The third-order valence-corrected chi connectivity index (χ3v) is 6.71. The number of hydrogen-bond acceptors (Lipinski definition) is 6. The molecular formula is C24H31N3O4S. The van der Waals surface area contributed by atoms with Gasteiger partial charge in [-0.25, -0.2) is 4.79 Å². The number of anilines is 1. The van der Waals surface area contributed by atoms with Gasteiger partial charge in [0.25, 0.3) is 5.91 Å². The second kappa shape index (κ2) is 9.50. The Balaban J connectivity index is 1.49. The molecule has 1 aromatic carbocycles. The van der Waals surface area contributed by atoms with Crippen molar-refractivity contribution in [2.45, 2.75) is 26.4 Å². The van der Waals surface area contributed by atoms with Gasteiger partial charge in [0.1, 0.15) is 5.60 Å². The predicted molar refractivity (Wildman–Crippen MR) is 126 cm³/mol. The molecule has 0 radical (unpaired) electrons. The molecule has 2 saturated heterocycles. The fourth-order valence-electron chi connectivity index (χ4n) is 3.89. The molecule has 0 atom stereocenters. The van der Waals surface area contributed by atoms with Crippen LogP contribution in [-0.2, 0) is 9.47 Å². The number of hydrogen-bond donors (Lipinski definition) is 0. The quantitative estimate of drug-likeness (QED) is 0.699. The molecule has 2 fully saturated rings. The van der Waals surface area contributed by atoms with E-state index in [0.717, 1.165) is 34.1 Å². The summed E-state index contributed by atoms with van der Waals surface area (Å²) in [6, 6.07) is 12.2. The van der Waals surface area contributed by atoms with Crippen LogP contribution in [0.4, 0.5) is 9.80 Å². The highest BCUT2D eigenvalue weighted by molar-refractivity contribution is 7.18. The Bertz CT molecular complexity index is 940. The highest BCUT2D eigenvalue weighted by Crippen LogP contribution is 2.40. The molecular weight excluding hydrogens is 426 g/mol. The summed E-state index contributed by atoms with van der Waals surface area (Å²) in [4.78, 5) is 32.2. The Kier molecular flexibility index (Phi) is 6.71. The van der Waals surface area contributed by atoms with Crippen molar-refractivity contribution in [2.24, 2.45) is 0 Å². The number of ether oxygens (including phenoxy) is 2. The maximum absolute atomic E-state index is 13.3. The molecule has 0 aliphatic carbocycles. The topological polar surface area (TPSA) is 62.3 Å². The third kappa shape index (κ3) is 5.24. The molecule has 32 heavy (non-hydrogen) atoms. The van der Waals surface area contributed by atoms with Crippen LogP contribution in [0.5, 0.6) is 0 Å². The zero-order valence-corrected chi connectivity index (χ0v) is 19.8. The number of benzene rings is 1. The molecule has 2 aliphatic rings. The SMILES string of the molecule is CC(C)(C)OC(=O)N1CCN(C(=O)c2cc(-c3ccccc3)c(N3CCOCC3)s2)CC1. The summed E-state index contributed by atoms with van der Waals surface area (Å²) in [6.45, 7) is 10.6. The Morgan fingerprint density at radius 3 is 2.19 bits per heavy atom. The number of thiophene rings is 1. The number of carbonyl (C=O) groups is 2. The van der Waals surface area contributed by atoms with Crippen LogP contribution in [-0.4, -0.2) is 79.9 Å². The Labute approximate surface area is 193 Å². The summed E-state index contributed by atoms with van der Waals surface area (Å²) in [5, 5.41) is 1.12. The fraction of sp³-hybridized carbons (Fsp3) is 0.500. The van der Waals surface area contributed by atoms with Crippen LogP contribution in [0.3, 0.4) is 0 Å². The van der Waals surface area contributed by atoms with Gasteiger partial charge in [-0.3, -0.25) is 4.79 Å². The van der Waals surface area contributed by atoms with Gasteiger partial charge in [-0.15, -0.1) is 11.3 Å². The molecule has 0 spiro atoms. The van der Waals surface area contributed by atoms with E-state index in [-0.39, 0.29) is 12.0 Å². The van der Waals surface area contributed by atoms with Gasteiger partial charge in [0, 0.05) is 44.8 Å². The highest BCUT2D eigenvalue weighted by atomic mass is 32.1. The largest absolute Gasteiger partial charge is 0.444 e. The highest BCUT2D eigenvalue weighted by Gasteiger charge is 2.30. The van der Waals surface area contributed by atoms with E-state index >= 15 is 0 Å². The lowest BCUT2D eigenvalue weighted by Crippen LogP contribution is -2.51. The average Bonchev–Trinajstić information content (AvgIpc) is 3.24.